The Morgan fingerprint density at radius 2 is 1.94 bits per heavy atom. The Morgan fingerprint density at radius 1 is 1.19 bits per heavy atom. The Balaban J connectivity index is 1.60. The molecule has 3 rings (SSSR count). The lowest BCUT2D eigenvalue weighted by Gasteiger charge is -2.11. The highest BCUT2D eigenvalue weighted by Gasteiger charge is 2.12. The molecule has 0 fully saturated rings. The monoisotopic (exact) mass is 497 g/mol. The van der Waals surface area contributed by atoms with Gasteiger partial charge in [0.1, 0.15) is 5.75 Å². The first-order valence-corrected chi connectivity index (χ1v) is 10.7. The average molecular weight is 498 g/mol. The lowest BCUT2D eigenvalue weighted by molar-refractivity contribution is -0.120. The van der Waals surface area contributed by atoms with Gasteiger partial charge in [-0.05, 0) is 65.7 Å². The van der Waals surface area contributed by atoms with Crippen molar-refractivity contribution in [1.82, 2.24) is 20.5 Å². The molecule has 8 nitrogen and oxygen atoms in total. The maximum atomic E-state index is 12.0. The molecule has 1 heterocycles. The number of nitrogens with one attached hydrogen (secondary N) is 2. The zero-order chi connectivity index (χ0) is 23.1. The smallest absolute Gasteiger partial charge is 0.259 e. The van der Waals surface area contributed by atoms with E-state index in [4.69, 9.17) is 4.74 Å². The number of hydrazone groups is 1. The number of aryl methyl sites for hydroxylation is 1. The van der Waals surface area contributed by atoms with Crippen LogP contribution >= 0.6 is 15.9 Å². The number of methoxy groups -OCH3 is 1. The summed E-state index contributed by atoms with van der Waals surface area (Å²) in [6.45, 7) is 4.29. The van der Waals surface area contributed by atoms with Gasteiger partial charge in [0.2, 0.25) is 0 Å². The maximum Gasteiger partial charge on any atom is 0.259 e. The van der Waals surface area contributed by atoms with E-state index in [9.17, 15) is 9.59 Å². The van der Waals surface area contributed by atoms with Crippen LogP contribution in [0.1, 0.15) is 32.9 Å². The van der Waals surface area contributed by atoms with Crippen molar-refractivity contribution in [1.29, 1.82) is 0 Å². The van der Waals surface area contributed by atoms with Crippen LogP contribution < -0.4 is 15.5 Å². The molecule has 0 unspecified atom stereocenters. The van der Waals surface area contributed by atoms with Gasteiger partial charge in [-0.2, -0.15) is 10.2 Å². The number of hydrogen-bond acceptors (Lipinski definition) is 5. The van der Waals surface area contributed by atoms with Gasteiger partial charge in [0.25, 0.3) is 11.8 Å². The van der Waals surface area contributed by atoms with Crippen LogP contribution in [0.2, 0.25) is 0 Å². The SMILES string of the molecule is COc1ccc(C=NNC(=O)CNC(=O)c2ccccc2)cc1Cn1nc(C)c(Br)c1C. The van der Waals surface area contributed by atoms with Gasteiger partial charge in [0.15, 0.2) is 0 Å². The minimum absolute atomic E-state index is 0.175. The number of hydrogen-bond donors (Lipinski definition) is 2. The molecule has 2 amide bonds. The van der Waals surface area contributed by atoms with Crippen LogP contribution in [0.3, 0.4) is 0 Å². The van der Waals surface area contributed by atoms with Gasteiger partial charge >= 0.3 is 0 Å². The minimum atomic E-state index is -0.424. The van der Waals surface area contributed by atoms with E-state index in [1.165, 1.54) is 6.21 Å². The predicted octanol–water partition coefficient (Wildman–Crippen LogP) is 3.20. The number of nitrogens with zero attached hydrogens (tertiary/aromatic N) is 3. The van der Waals surface area contributed by atoms with E-state index in [0.29, 0.717) is 12.1 Å². The summed E-state index contributed by atoms with van der Waals surface area (Å²) in [6.07, 6.45) is 1.54. The Kier molecular flexibility index (Phi) is 7.77. The summed E-state index contributed by atoms with van der Waals surface area (Å²) >= 11 is 3.54. The number of benzene rings is 2. The molecular formula is C23H24BrN5O3. The molecule has 0 saturated carbocycles. The van der Waals surface area contributed by atoms with Crippen molar-refractivity contribution in [3.05, 3.63) is 81.1 Å². The van der Waals surface area contributed by atoms with E-state index in [1.807, 2.05) is 42.8 Å². The van der Waals surface area contributed by atoms with Gasteiger partial charge in [-0.15, -0.1) is 0 Å². The summed E-state index contributed by atoms with van der Waals surface area (Å²) < 4.78 is 8.36. The quantitative estimate of drug-likeness (QED) is 0.368. The van der Waals surface area contributed by atoms with Crippen molar-refractivity contribution < 1.29 is 14.3 Å². The summed E-state index contributed by atoms with van der Waals surface area (Å²) in [6, 6.07) is 14.3. The molecule has 0 bridgehead atoms. The third-order valence-electron chi connectivity index (χ3n) is 4.77. The zero-order valence-corrected chi connectivity index (χ0v) is 19.6. The predicted molar refractivity (Wildman–Crippen MR) is 126 cm³/mol. The average Bonchev–Trinajstić information content (AvgIpc) is 3.04. The van der Waals surface area contributed by atoms with E-state index in [-0.39, 0.29) is 12.5 Å². The van der Waals surface area contributed by atoms with E-state index < -0.39 is 5.91 Å². The highest BCUT2D eigenvalue weighted by molar-refractivity contribution is 9.10. The topological polar surface area (TPSA) is 97.6 Å². The van der Waals surface area contributed by atoms with Crippen LogP contribution in [0.25, 0.3) is 0 Å². The van der Waals surface area contributed by atoms with Crippen molar-refractivity contribution in [2.45, 2.75) is 20.4 Å². The summed E-state index contributed by atoms with van der Waals surface area (Å²) in [4.78, 5) is 24.0. The number of halogens is 1. The Morgan fingerprint density at radius 3 is 2.59 bits per heavy atom. The molecule has 0 saturated heterocycles. The first-order chi connectivity index (χ1) is 15.4. The van der Waals surface area contributed by atoms with E-state index in [2.05, 4.69) is 36.9 Å². The molecule has 0 spiro atoms. The molecule has 0 aliphatic heterocycles. The van der Waals surface area contributed by atoms with Gasteiger partial charge in [-0.3, -0.25) is 14.3 Å². The van der Waals surface area contributed by atoms with E-state index in [1.54, 1.807) is 31.4 Å². The second kappa shape index (κ2) is 10.7. The van der Waals surface area contributed by atoms with Crippen molar-refractivity contribution in [3.63, 3.8) is 0 Å². The normalized spacial score (nSPS) is 10.9. The summed E-state index contributed by atoms with van der Waals surface area (Å²) in [5.41, 5.74) is 6.56. The second-order valence-electron chi connectivity index (χ2n) is 7.06. The fourth-order valence-corrected chi connectivity index (χ4v) is 3.35. The number of ether oxygens (including phenoxy) is 1. The number of carbonyl (C=O) groups is 2. The van der Waals surface area contributed by atoms with Crippen LogP contribution in [0.4, 0.5) is 0 Å². The molecule has 3 aromatic rings. The Bertz CT molecular complexity index is 1140. The summed E-state index contributed by atoms with van der Waals surface area (Å²) in [5, 5.41) is 11.1. The van der Waals surface area contributed by atoms with Crippen LogP contribution in [0.5, 0.6) is 5.75 Å². The molecule has 1 aromatic heterocycles. The lowest BCUT2D eigenvalue weighted by atomic mass is 10.1. The van der Waals surface area contributed by atoms with Crippen molar-refractivity contribution in [2.75, 3.05) is 13.7 Å². The molecule has 0 radical (unpaired) electrons. The van der Waals surface area contributed by atoms with Crippen molar-refractivity contribution in [2.24, 2.45) is 5.10 Å². The van der Waals surface area contributed by atoms with Crippen LogP contribution in [0.15, 0.2) is 58.1 Å². The van der Waals surface area contributed by atoms with Crippen LogP contribution in [0, 0.1) is 13.8 Å². The largest absolute Gasteiger partial charge is 0.496 e. The third-order valence-corrected chi connectivity index (χ3v) is 5.91. The minimum Gasteiger partial charge on any atom is -0.496 e. The molecule has 2 aromatic carbocycles. The van der Waals surface area contributed by atoms with Crippen LogP contribution in [-0.4, -0.2) is 41.5 Å². The molecule has 0 aliphatic rings. The van der Waals surface area contributed by atoms with E-state index >= 15 is 0 Å². The molecule has 0 atom stereocenters. The fourth-order valence-electron chi connectivity index (χ4n) is 3.06. The Labute approximate surface area is 194 Å². The molecular weight excluding hydrogens is 474 g/mol. The van der Waals surface area contributed by atoms with Crippen LogP contribution in [-0.2, 0) is 11.3 Å². The Hall–Kier alpha value is -3.46. The lowest BCUT2D eigenvalue weighted by Crippen LogP contribution is -2.34. The number of rotatable bonds is 8. The molecule has 166 valence electrons. The fraction of sp³-hybridized carbons (Fsp3) is 0.217. The van der Waals surface area contributed by atoms with Gasteiger partial charge < -0.3 is 10.1 Å². The summed E-state index contributed by atoms with van der Waals surface area (Å²) in [5.74, 6) is -0.00874. The molecule has 32 heavy (non-hydrogen) atoms. The highest BCUT2D eigenvalue weighted by Crippen LogP contribution is 2.24. The molecule has 2 N–H and O–H groups in total. The maximum absolute atomic E-state index is 12.0. The second-order valence-corrected chi connectivity index (χ2v) is 7.85. The van der Waals surface area contributed by atoms with Gasteiger partial charge in [-0.25, -0.2) is 5.43 Å². The number of carbonyl (C=O) groups excluding carboxylic acids is 2. The zero-order valence-electron chi connectivity index (χ0n) is 18.1. The molecule has 0 aliphatic carbocycles. The van der Waals surface area contributed by atoms with Gasteiger partial charge in [-0.1, -0.05) is 18.2 Å². The van der Waals surface area contributed by atoms with Crippen molar-refractivity contribution >= 4 is 34.0 Å². The highest BCUT2D eigenvalue weighted by atomic mass is 79.9. The van der Waals surface area contributed by atoms with Crippen molar-refractivity contribution in [3.8, 4) is 5.75 Å². The standard InChI is InChI=1S/C23H24BrN5O3/c1-15-22(24)16(2)29(28-15)14-19-11-17(9-10-20(19)32-3)12-26-27-21(30)13-25-23(31)18-7-5-4-6-8-18/h4-12H,13-14H2,1-3H3,(H,25,31)(H,27,30). The molecule has 9 heteroatoms. The number of aromatic nitrogens is 2. The van der Waals surface area contributed by atoms with Gasteiger partial charge in [0, 0.05) is 11.1 Å². The number of amides is 2. The van der Waals surface area contributed by atoms with Gasteiger partial charge in [0.05, 0.1) is 42.3 Å². The third kappa shape index (κ3) is 5.82. The van der Waals surface area contributed by atoms with E-state index in [0.717, 1.165) is 32.7 Å². The first kappa shape index (κ1) is 23.2. The first-order valence-electron chi connectivity index (χ1n) is 9.90. The summed E-state index contributed by atoms with van der Waals surface area (Å²) in [7, 11) is 1.62.